The van der Waals surface area contributed by atoms with E-state index in [-0.39, 0.29) is 22.9 Å². The van der Waals surface area contributed by atoms with Crippen molar-refractivity contribution in [1.82, 2.24) is 4.31 Å². The molecule has 146 valence electrons. The van der Waals surface area contributed by atoms with Crippen LogP contribution in [0.3, 0.4) is 0 Å². The van der Waals surface area contributed by atoms with Crippen molar-refractivity contribution >= 4 is 21.6 Å². The predicted octanol–water partition coefficient (Wildman–Crippen LogP) is 1.56. The molecule has 1 fully saturated rings. The molecule has 1 atom stereocenters. The van der Waals surface area contributed by atoms with E-state index in [2.05, 4.69) is 5.32 Å². The van der Waals surface area contributed by atoms with Gasteiger partial charge in [-0.1, -0.05) is 0 Å². The summed E-state index contributed by atoms with van der Waals surface area (Å²) < 4.78 is 37.1. The molecule has 1 heterocycles. The highest BCUT2D eigenvalue weighted by Crippen LogP contribution is 2.29. The molecule has 0 aromatic heterocycles. The molecule has 26 heavy (non-hydrogen) atoms. The zero-order chi connectivity index (χ0) is 19.2. The molecule has 8 nitrogen and oxygen atoms in total. The van der Waals surface area contributed by atoms with Gasteiger partial charge in [0.2, 0.25) is 10.0 Å². The molecule has 1 aromatic carbocycles. The summed E-state index contributed by atoms with van der Waals surface area (Å²) in [5.41, 5.74) is 0.0375. The number of ether oxygens (including phenoxy) is 2. The Morgan fingerprint density at radius 1 is 1.31 bits per heavy atom. The van der Waals surface area contributed by atoms with Crippen LogP contribution in [0, 0.1) is 0 Å². The standard InChI is InChI=1S/C17H26N2O6S/c1-3-24-10-11-25-13(2)17(21)18-15-12-14(6-7-16(15)20)26(22,23)19-8-4-5-9-19/h6-7,12-13,20H,3-5,8-11H2,1-2H3,(H,18,21). The van der Waals surface area contributed by atoms with Crippen LogP contribution in [0.5, 0.6) is 5.75 Å². The van der Waals surface area contributed by atoms with Crippen molar-refractivity contribution in [3.63, 3.8) is 0 Å². The Bertz CT molecular complexity index is 716. The minimum atomic E-state index is -3.63. The van der Waals surface area contributed by atoms with Crippen LogP contribution >= 0.6 is 0 Å². The number of carbonyl (C=O) groups excluding carboxylic acids is 1. The lowest BCUT2D eigenvalue weighted by molar-refractivity contribution is -0.127. The molecule has 2 rings (SSSR count). The minimum Gasteiger partial charge on any atom is -0.506 e. The first-order valence-electron chi connectivity index (χ1n) is 8.69. The van der Waals surface area contributed by atoms with E-state index in [0.717, 1.165) is 12.8 Å². The van der Waals surface area contributed by atoms with Crippen LogP contribution in [-0.4, -0.2) is 62.8 Å². The summed E-state index contributed by atoms with van der Waals surface area (Å²) in [7, 11) is -3.63. The molecule has 1 aliphatic rings. The third kappa shape index (κ3) is 5.16. The number of sulfonamides is 1. The summed E-state index contributed by atoms with van der Waals surface area (Å²) >= 11 is 0. The van der Waals surface area contributed by atoms with Gasteiger partial charge in [-0.15, -0.1) is 0 Å². The third-order valence-electron chi connectivity index (χ3n) is 4.10. The number of phenolic OH excluding ortho intramolecular Hbond substituents is 1. The zero-order valence-electron chi connectivity index (χ0n) is 15.1. The molecule has 1 unspecified atom stereocenters. The second kappa shape index (κ2) is 9.31. The van der Waals surface area contributed by atoms with E-state index in [1.807, 2.05) is 6.92 Å². The SMILES string of the molecule is CCOCCOC(C)C(=O)Nc1cc(S(=O)(=O)N2CCCC2)ccc1O. The van der Waals surface area contributed by atoms with Gasteiger partial charge in [0.05, 0.1) is 23.8 Å². The highest BCUT2D eigenvalue weighted by atomic mass is 32.2. The highest BCUT2D eigenvalue weighted by molar-refractivity contribution is 7.89. The van der Waals surface area contributed by atoms with Gasteiger partial charge in [0, 0.05) is 19.7 Å². The highest BCUT2D eigenvalue weighted by Gasteiger charge is 2.28. The van der Waals surface area contributed by atoms with Crippen molar-refractivity contribution < 1.29 is 27.8 Å². The van der Waals surface area contributed by atoms with Gasteiger partial charge in [0.25, 0.3) is 5.91 Å². The molecule has 1 aliphatic heterocycles. The number of rotatable bonds is 9. The summed E-state index contributed by atoms with van der Waals surface area (Å²) in [5, 5.41) is 12.5. The number of amides is 1. The second-order valence-electron chi connectivity index (χ2n) is 5.99. The predicted molar refractivity (Wildman–Crippen MR) is 96.6 cm³/mol. The number of nitrogens with zero attached hydrogens (tertiary/aromatic N) is 1. The van der Waals surface area contributed by atoms with Gasteiger partial charge in [-0.05, 0) is 44.9 Å². The Balaban J connectivity index is 2.06. The maximum Gasteiger partial charge on any atom is 0.253 e. The first kappa shape index (κ1) is 20.6. The maximum atomic E-state index is 12.6. The molecular formula is C17H26N2O6S. The van der Waals surface area contributed by atoms with Crippen molar-refractivity contribution in [2.45, 2.75) is 37.7 Å². The number of hydrogen-bond acceptors (Lipinski definition) is 6. The van der Waals surface area contributed by atoms with Gasteiger partial charge in [-0.2, -0.15) is 4.31 Å². The fourth-order valence-electron chi connectivity index (χ4n) is 2.59. The molecular weight excluding hydrogens is 360 g/mol. The molecule has 0 spiro atoms. The summed E-state index contributed by atoms with van der Waals surface area (Å²) in [4.78, 5) is 12.2. The Hall–Kier alpha value is -1.68. The normalized spacial score (nSPS) is 16.5. The Labute approximate surface area is 154 Å². The second-order valence-corrected chi connectivity index (χ2v) is 7.93. The molecule has 2 N–H and O–H groups in total. The molecule has 0 radical (unpaired) electrons. The largest absolute Gasteiger partial charge is 0.506 e. The number of anilines is 1. The number of phenols is 1. The van der Waals surface area contributed by atoms with Gasteiger partial charge < -0.3 is 19.9 Å². The van der Waals surface area contributed by atoms with Gasteiger partial charge in [0.15, 0.2) is 0 Å². The first-order valence-corrected chi connectivity index (χ1v) is 10.1. The van der Waals surface area contributed by atoms with Crippen LogP contribution in [0.25, 0.3) is 0 Å². The quantitative estimate of drug-likeness (QED) is 0.493. The van der Waals surface area contributed by atoms with Crippen molar-refractivity contribution in [3.05, 3.63) is 18.2 Å². The Morgan fingerprint density at radius 3 is 2.65 bits per heavy atom. The fourth-order valence-corrected chi connectivity index (χ4v) is 4.14. The van der Waals surface area contributed by atoms with Crippen molar-refractivity contribution in [2.24, 2.45) is 0 Å². The van der Waals surface area contributed by atoms with Crippen LogP contribution in [-0.2, 0) is 24.3 Å². The number of aromatic hydroxyl groups is 1. The van der Waals surface area contributed by atoms with E-state index in [1.54, 1.807) is 6.92 Å². The van der Waals surface area contributed by atoms with E-state index < -0.39 is 22.0 Å². The number of hydrogen-bond donors (Lipinski definition) is 2. The summed E-state index contributed by atoms with van der Waals surface area (Å²) in [6.45, 7) is 5.60. The van der Waals surface area contributed by atoms with Crippen LogP contribution in [0.1, 0.15) is 26.7 Å². The number of carbonyl (C=O) groups is 1. The van der Waals surface area contributed by atoms with Crippen LogP contribution in [0.2, 0.25) is 0 Å². The van der Waals surface area contributed by atoms with E-state index in [0.29, 0.717) is 26.3 Å². The minimum absolute atomic E-state index is 0.0375. The monoisotopic (exact) mass is 386 g/mol. The lowest BCUT2D eigenvalue weighted by atomic mass is 10.2. The van der Waals surface area contributed by atoms with E-state index in [1.165, 1.54) is 22.5 Å². The zero-order valence-corrected chi connectivity index (χ0v) is 15.9. The molecule has 9 heteroatoms. The summed E-state index contributed by atoms with van der Waals surface area (Å²) in [6, 6.07) is 3.87. The third-order valence-corrected chi connectivity index (χ3v) is 5.99. The average Bonchev–Trinajstić information content (AvgIpc) is 3.15. The molecule has 1 saturated heterocycles. The Morgan fingerprint density at radius 2 is 2.00 bits per heavy atom. The van der Waals surface area contributed by atoms with Crippen molar-refractivity contribution in [1.29, 1.82) is 0 Å². The van der Waals surface area contributed by atoms with E-state index in [9.17, 15) is 18.3 Å². The number of nitrogens with one attached hydrogen (secondary N) is 1. The van der Waals surface area contributed by atoms with Gasteiger partial charge in [0.1, 0.15) is 11.9 Å². The lowest BCUT2D eigenvalue weighted by Gasteiger charge is -2.17. The van der Waals surface area contributed by atoms with Gasteiger partial charge >= 0.3 is 0 Å². The van der Waals surface area contributed by atoms with Crippen molar-refractivity contribution in [3.8, 4) is 5.75 Å². The van der Waals surface area contributed by atoms with Crippen LogP contribution in [0.4, 0.5) is 5.69 Å². The molecule has 1 amide bonds. The number of benzene rings is 1. The van der Waals surface area contributed by atoms with Crippen molar-refractivity contribution in [2.75, 3.05) is 38.2 Å². The summed E-state index contributed by atoms with van der Waals surface area (Å²) in [5.74, 6) is -0.687. The fraction of sp³-hybridized carbons (Fsp3) is 0.588. The molecule has 0 bridgehead atoms. The average molecular weight is 386 g/mol. The molecule has 0 aliphatic carbocycles. The smallest absolute Gasteiger partial charge is 0.253 e. The molecule has 0 saturated carbocycles. The topological polar surface area (TPSA) is 105 Å². The van der Waals surface area contributed by atoms with E-state index in [4.69, 9.17) is 9.47 Å². The maximum absolute atomic E-state index is 12.6. The first-order chi connectivity index (χ1) is 12.4. The Kier molecular flexibility index (Phi) is 7.39. The molecule has 1 aromatic rings. The van der Waals surface area contributed by atoms with Crippen LogP contribution in [0.15, 0.2) is 23.1 Å². The van der Waals surface area contributed by atoms with Gasteiger partial charge in [-0.25, -0.2) is 8.42 Å². The van der Waals surface area contributed by atoms with E-state index >= 15 is 0 Å². The summed E-state index contributed by atoms with van der Waals surface area (Å²) in [6.07, 6.45) is 0.892. The lowest BCUT2D eigenvalue weighted by Crippen LogP contribution is -2.29. The van der Waals surface area contributed by atoms with Crippen LogP contribution < -0.4 is 5.32 Å². The van der Waals surface area contributed by atoms with Gasteiger partial charge in [-0.3, -0.25) is 4.79 Å².